The average molecular weight is 578 g/mol. The Morgan fingerprint density at radius 3 is 2.63 bits per heavy atom. The quantitative estimate of drug-likeness (QED) is 0.263. The molecule has 0 unspecified atom stereocenters. The summed E-state index contributed by atoms with van der Waals surface area (Å²) in [6.45, 7) is 3.59. The van der Waals surface area contributed by atoms with E-state index < -0.39 is 11.6 Å². The van der Waals surface area contributed by atoms with Crippen LogP contribution in [0, 0.1) is 17.7 Å². The number of imidazole rings is 1. The third-order valence-electron chi connectivity index (χ3n) is 7.72. The minimum atomic E-state index is -0.721. The molecular weight excluding hydrogens is 549 g/mol. The number of carbonyl (C=O) groups excluding carboxylic acids is 2. The minimum absolute atomic E-state index is 0.0703. The molecule has 0 aliphatic carbocycles. The number of likely N-dealkylation sites (tertiary alicyclic amines) is 1. The van der Waals surface area contributed by atoms with Crippen molar-refractivity contribution in [1.82, 2.24) is 29.9 Å². The van der Waals surface area contributed by atoms with Crippen molar-refractivity contribution in [3.63, 3.8) is 0 Å². The van der Waals surface area contributed by atoms with Gasteiger partial charge in [-0.05, 0) is 49.2 Å². The number of hydrogen-bond donors (Lipinski definition) is 4. The molecular formula is C29H29ClFN7O3. The van der Waals surface area contributed by atoms with Crippen molar-refractivity contribution in [3.8, 4) is 17.0 Å². The summed E-state index contributed by atoms with van der Waals surface area (Å²) in [7, 11) is 0. The largest absolute Gasteiger partial charge is 0.505 e. The van der Waals surface area contributed by atoms with Crippen molar-refractivity contribution >= 4 is 40.6 Å². The lowest BCUT2D eigenvalue weighted by atomic mass is 9.94. The van der Waals surface area contributed by atoms with Crippen LogP contribution >= 0.6 is 11.6 Å². The van der Waals surface area contributed by atoms with Gasteiger partial charge < -0.3 is 26.0 Å². The van der Waals surface area contributed by atoms with Crippen molar-refractivity contribution in [2.24, 2.45) is 11.8 Å². The maximum atomic E-state index is 13.9. The van der Waals surface area contributed by atoms with E-state index in [1.54, 1.807) is 52.2 Å². The van der Waals surface area contributed by atoms with E-state index in [1.807, 2.05) is 0 Å². The molecule has 212 valence electrons. The zero-order valence-corrected chi connectivity index (χ0v) is 22.9. The summed E-state index contributed by atoms with van der Waals surface area (Å²) in [6, 6.07) is 9.23. The van der Waals surface area contributed by atoms with E-state index in [-0.39, 0.29) is 17.7 Å². The van der Waals surface area contributed by atoms with Crippen LogP contribution < -0.4 is 16.0 Å². The molecule has 6 rings (SSSR count). The number of phenolic OH excluding ortho intramolecular Hbond substituents is 1. The van der Waals surface area contributed by atoms with Crippen molar-refractivity contribution in [1.29, 1.82) is 0 Å². The topological polar surface area (TPSA) is 124 Å². The first-order chi connectivity index (χ1) is 19.9. The number of fused-ring (bicyclic) bond motifs is 1. The molecule has 0 saturated carbocycles. The van der Waals surface area contributed by atoms with Gasteiger partial charge in [0.15, 0.2) is 23.0 Å². The van der Waals surface area contributed by atoms with Crippen LogP contribution in [0.2, 0.25) is 5.02 Å². The van der Waals surface area contributed by atoms with Gasteiger partial charge in [-0.1, -0.05) is 11.6 Å². The highest BCUT2D eigenvalue weighted by molar-refractivity contribution is 6.34. The number of hydrogen-bond acceptors (Lipinski definition) is 7. The smallest absolute Gasteiger partial charge is 0.255 e. The van der Waals surface area contributed by atoms with E-state index in [9.17, 15) is 19.1 Å². The van der Waals surface area contributed by atoms with Crippen LogP contribution in [-0.4, -0.2) is 68.9 Å². The number of aromatic hydroxyl groups is 1. The highest BCUT2D eigenvalue weighted by atomic mass is 35.5. The van der Waals surface area contributed by atoms with Crippen molar-refractivity contribution in [3.05, 3.63) is 71.4 Å². The lowest BCUT2D eigenvalue weighted by molar-refractivity contribution is -0.126. The van der Waals surface area contributed by atoms with Gasteiger partial charge in [0.1, 0.15) is 0 Å². The molecule has 2 aromatic heterocycles. The number of amides is 2. The third-order valence-corrected chi connectivity index (χ3v) is 8.03. The lowest BCUT2D eigenvalue weighted by Gasteiger charge is -2.32. The molecule has 4 N–H and O–H groups in total. The lowest BCUT2D eigenvalue weighted by Crippen LogP contribution is -2.50. The third kappa shape index (κ3) is 5.55. The van der Waals surface area contributed by atoms with Crippen molar-refractivity contribution in [2.75, 3.05) is 38.0 Å². The van der Waals surface area contributed by atoms with Gasteiger partial charge in [-0.2, -0.15) is 0 Å². The molecule has 10 nitrogen and oxygen atoms in total. The van der Waals surface area contributed by atoms with Gasteiger partial charge in [0.25, 0.3) is 5.91 Å². The summed E-state index contributed by atoms with van der Waals surface area (Å²) >= 11 is 6.55. The molecule has 0 radical (unpaired) electrons. The molecule has 2 amide bonds. The molecule has 2 aliphatic heterocycles. The molecule has 2 fully saturated rings. The standard InChI is InChI=1S/C29H29ClFN7O3/c30-22-12-20(36-26-27-34-16-24(38(27)10-7-33-26)19-1-4-25(39)23(31)11-19)2-3-21(22)29(41)37-8-5-18(6-9-37)28(40)35-15-17-13-32-14-17/h1-4,7,10-12,16-18,32,39H,5-6,8-9,13-15H2,(H,33,36)(H,35,40). The Morgan fingerprint density at radius 2 is 1.93 bits per heavy atom. The highest BCUT2D eigenvalue weighted by Gasteiger charge is 2.29. The monoisotopic (exact) mass is 577 g/mol. The Labute approximate surface area is 240 Å². The fourth-order valence-corrected chi connectivity index (χ4v) is 5.45. The SMILES string of the molecule is O=C(NCC1CNC1)C1CCN(C(=O)c2ccc(Nc3nccn4c(-c5ccc(O)c(F)c5)cnc34)cc2Cl)CC1. The van der Waals surface area contributed by atoms with E-state index in [2.05, 4.69) is 25.9 Å². The first-order valence-corrected chi connectivity index (χ1v) is 13.9. The minimum Gasteiger partial charge on any atom is -0.505 e. The Bertz CT molecular complexity index is 1620. The van der Waals surface area contributed by atoms with Crippen LogP contribution in [0.25, 0.3) is 16.9 Å². The van der Waals surface area contributed by atoms with Crippen molar-refractivity contribution < 1.29 is 19.1 Å². The molecule has 12 heteroatoms. The van der Waals surface area contributed by atoms with E-state index >= 15 is 0 Å². The fourth-order valence-electron chi connectivity index (χ4n) is 5.19. The molecule has 41 heavy (non-hydrogen) atoms. The number of piperidine rings is 1. The molecule has 0 atom stereocenters. The molecule has 4 aromatic rings. The number of nitrogens with one attached hydrogen (secondary N) is 3. The molecule has 2 aliphatic rings. The Hall–Kier alpha value is -4.22. The molecule has 2 saturated heterocycles. The number of phenols is 1. The van der Waals surface area contributed by atoms with Gasteiger partial charge in [-0.25, -0.2) is 14.4 Å². The van der Waals surface area contributed by atoms with Gasteiger partial charge in [0.2, 0.25) is 5.91 Å². The number of aromatic nitrogens is 3. The second kappa shape index (κ2) is 11.3. The first-order valence-electron chi connectivity index (χ1n) is 13.5. The van der Waals surface area contributed by atoms with Crippen LogP contribution in [0.4, 0.5) is 15.9 Å². The van der Waals surface area contributed by atoms with E-state index in [4.69, 9.17) is 11.6 Å². The van der Waals surface area contributed by atoms with Crippen molar-refractivity contribution in [2.45, 2.75) is 12.8 Å². The van der Waals surface area contributed by atoms with E-state index in [0.717, 1.165) is 13.1 Å². The summed E-state index contributed by atoms with van der Waals surface area (Å²) in [4.78, 5) is 36.3. The second-order valence-electron chi connectivity index (χ2n) is 10.4. The summed E-state index contributed by atoms with van der Waals surface area (Å²) in [6.07, 6.45) is 6.14. The molecule has 0 spiro atoms. The summed E-state index contributed by atoms with van der Waals surface area (Å²) < 4.78 is 15.7. The first kappa shape index (κ1) is 27.0. The van der Waals surface area contributed by atoms with Gasteiger partial charge in [-0.15, -0.1) is 0 Å². The van der Waals surface area contributed by atoms with Crippen LogP contribution in [0.5, 0.6) is 5.75 Å². The molecule has 2 aromatic carbocycles. The maximum Gasteiger partial charge on any atom is 0.255 e. The molecule has 4 heterocycles. The van der Waals surface area contributed by atoms with Crippen LogP contribution in [-0.2, 0) is 4.79 Å². The zero-order valence-electron chi connectivity index (χ0n) is 22.1. The predicted molar refractivity (Wildman–Crippen MR) is 153 cm³/mol. The highest BCUT2D eigenvalue weighted by Crippen LogP contribution is 2.30. The maximum absolute atomic E-state index is 13.9. The number of carbonyl (C=O) groups is 2. The summed E-state index contributed by atoms with van der Waals surface area (Å²) in [5.41, 5.74) is 2.68. The average Bonchev–Trinajstić information content (AvgIpc) is 3.39. The predicted octanol–water partition coefficient (Wildman–Crippen LogP) is 3.83. The number of halogens is 2. The summed E-state index contributed by atoms with van der Waals surface area (Å²) in [5, 5.41) is 19.3. The van der Waals surface area contributed by atoms with Gasteiger partial charge in [-0.3, -0.25) is 14.0 Å². The Kier molecular flexibility index (Phi) is 7.46. The van der Waals surface area contributed by atoms with Gasteiger partial charge in [0, 0.05) is 68.2 Å². The second-order valence-corrected chi connectivity index (χ2v) is 10.8. The van der Waals surface area contributed by atoms with Crippen LogP contribution in [0.1, 0.15) is 23.2 Å². The fraction of sp³-hybridized carbons (Fsp3) is 0.310. The van der Waals surface area contributed by atoms with E-state index in [1.165, 1.54) is 12.1 Å². The number of benzene rings is 2. The molecule has 0 bridgehead atoms. The van der Waals surface area contributed by atoms with E-state index in [0.29, 0.717) is 77.4 Å². The summed E-state index contributed by atoms with van der Waals surface area (Å²) in [5.74, 6) is -0.364. The Balaban J connectivity index is 1.11. The van der Waals surface area contributed by atoms with Crippen LogP contribution in [0.15, 0.2) is 55.0 Å². The normalized spacial score (nSPS) is 16.0. The van der Waals surface area contributed by atoms with Gasteiger partial charge in [0.05, 0.1) is 22.5 Å². The van der Waals surface area contributed by atoms with Gasteiger partial charge >= 0.3 is 0 Å². The number of nitrogens with zero attached hydrogens (tertiary/aromatic N) is 4. The number of anilines is 2. The number of rotatable bonds is 7. The van der Waals surface area contributed by atoms with Crippen LogP contribution in [0.3, 0.4) is 0 Å². The Morgan fingerprint density at radius 1 is 1.12 bits per heavy atom. The zero-order chi connectivity index (χ0) is 28.5.